The summed E-state index contributed by atoms with van der Waals surface area (Å²) in [7, 11) is 0. The van der Waals surface area contributed by atoms with E-state index in [1.165, 1.54) is 0 Å². The Morgan fingerprint density at radius 3 is 2.61 bits per heavy atom. The maximum absolute atomic E-state index is 9.24. The molecule has 1 aromatic carbocycles. The fraction of sp³-hybridized carbons (Fsp3) is 0.333. The van der Waals surface area contributed by atoms with Crippen molar-refractivity contribution in [2.75, 3.05) is 0 Å². The molecule has 0 saturated heterocycles. The lowest BCUT2D eigenvalue weighted by Crippen LogP contribution is -2.04. The van der Waals surface area contributed by atoms with Gasteiger partial charge >= 0.3 is 0 Å². The van der Waals surface area contributed by atoms with Crippen LogP contribution in [0, 0.1) is 18.3 Å². The molecule has 1 heterocycles. The zero-order valence-corrected chi connectivity index (χ0v) is 11.1. The molecule has 0 unspecified atom stereocenters. The quantitative estimate of drug-likeness (QED) is 0.825. The second kappa shape index (κ2) is 5.05. The van der Waals surface area contributed by atoms with E-state index in [2.05, 4.69) is 31.1 Å². The van der Waals surface area contributed by atoms with Gasteiger partial charge in [-0.05, 0) is 43.5 Å². The Kier molecular flexibility index (Phi) is 3.47. The van der Waals surface area contributed by atoms with Crippen LogP contribution in [0.15, 0.2) is 24.3 Å². The van der Waals surface area contributed by atoms with E-state index in [0.717, 1.165) is 35.5 Å². The summed E-state index contributed by atoms with van der Waals surface area (Å²) in [6.07, 6.45) is 1.82. The molecule has 2 aromatic rings. The highest BCUT2D eigenvalue weighted by Gasteiger charge is 2.11. The van der Waals surface area contributed by atoms with Crippen molar-refractivity contribution in [3.05, 3.63) is 46.8 Å². The number of aryl methyl sites for hydroxylation is 3. The van der Waals surface area contributed by atoms with Crippen LogP contribution in [0.5, 0.6) is 0 Å². The molecule has 0 aliphatic carbocycles. The molecule has 0 N–H and O–H groups in total. The molecule has 0 atom stereocenters. The molecule has 3 heteroatoms. The average Bonchev–Trinajstić information content (AvgIpc) is 2.81. The molecule has 0 amide bonds. The zero-order chi connectivity index (χ0) is 13.1. The first kappa shape index (κ1) is 12.4. The molecule has 3 nitrogen and oxygen atoms in total. The standard InChI is InChI=1S/C15H17N3/c1-4-13-9-14(5-2)18(17-13)15-7-6-11(3)8-12(15)10-16/h6-9H,4-5H2,1-3H3. The van der Waals surface area contributed by atoms with Gasteiger partial charge in [-0.1, -0.05) is 19.9 Å². The summed E-state index contributed by atoms with van der Waals surface area (Å²) >= 11 is 0. The van der Waals surface area contributed by atoms with E-state index in [9.17, 15) is 5.26 Å². The molecule has 0 fully saturated rings. The third kappa shape index (κ3) is 2.14. The Labute approximate surface area is 108 Å². The SMILES string of the molecule is CCc1cc(CC)n(-c2ccc(C)cc2C#N)n1. The Bertz CT molecular complexity index is 603. The minimum absolute atomic E-state index is 0.676. The lowest BCUT2D eigenvalue weighted by atomic mass is 10.1. The second-order valence-electron chi connectivity index (χ2n) is 4.38. The lowest BCUT2D eigenvalue weighted by molar-refractivity contribution is 0.792. The van der Waals surface area contributed by atoms with Crippen molar-refractivity contribution in [2.45, 2.75) is 33.6 Å². The summed E-state index contributed by atoms with van der Waals surface area (Å²) < 4.78 is 1.90. The summed E-state index contributed by atoms with van der Waals surface area (Å²) in [5.74, 6) is 0. The molecular formula is C15H17N3. The number of hydrogen-bond acceptors (Lipinski definition) is 2. The van der Waals surface area contributed by atoms with Crippen molar-refractivity contribution in [3.8, 4) is 11.8 Å². The average molecular weight is 239 g/mol. The summed E-state index contributed by atoms with van der Waals surface area (Å²) in [6, 6.07) is 10.3. The molecule has 1 aromatic heterocycles. The first-order valence-corrected chi connectivity index (χ1v) is 6.28. The van der Waals surface area contributed by atoms with Gasteiger partial charge < -0.3 is 0 Å². The smallest absolute Gasteiger partial charge is 0.101 e. The number of nitriles is 1. The Morgan fingerprint density at radius 1 is 1.22 bits per heavy atom. The van der Waals surface area contributed by atoms with Gasteiger partial charge in [0, 0.05) is 5.69 Å². The van der Waals surface area contributed by atoms with Crippen molar-refractivity contribution in [1.29, 1.82) is 5.26 Å². The monoisotopic (exact) mass is 239 g/mol. The van der Waals surface area contributed by atoms with Gasteiger partial charge in [-0.3, -0.25) is 0 Å². The normalized spacial score (nSPS) is 10.3. The minimum atomic E-state index is 0.676. The highest BCUT2D eigenvalue weighted by atomic mass is 15.3. The van der Waals surface area contributed by atoms with Crippen molar-refractivity contribution in [3.63, 3.8) is 0 Å². The van der Waals surface area contributed by atoms with Crippen LogP contribution in [0.4, 0.5) is 0 Å². The third-order valence-corrected chi connectivity index (χ3v) is 3.06. The number of rotatable bonds is 3. The van der Waals surface area contributed by atoms with Crippen LogP contribution in [-0.4, -0.2) is 9.78 Å². The summed E-state index contributed by atoms with van der Waals surface area (Å²) in [5.41, 5.74) is 4.86. The fourth-order valence-electron chi connectivity index (χ4n) is 2.03. The third-order valence-electron chi connectivity index (χ3n) is 3.06. The maximum Gasteiger partial charge on any atom is 0.101 e. The fourth-order valence-corrected chi connectivity index (χ4v) is 2.03. The maximum atomic E-state index is 9.24. The first-order chi connectivity index (χ1) is 8.69. The van der Waals surface area contributed by atoms with E-state index < -0.39 is 0 Å². The molecule has 0 saturated carbocycles. The Morgan fingerprint density at radius 2 is 2.00 bits per heavy atom. The molecular weight excluding hydrogens is 222 g/mol. The molecule has 0 bridgehead atoms. The van der Waals surface area contributed by atoms with Crippen molar-refractivity contribution in [1.82, 2.24) is 9.78 Å². The van der Waals surface area contributed by atoms with E-state index in [1.54, 1.807) is 0 Å². The zero-order valence-electron chi connectivity index (χ0n) is 11.1. The molecule has 0 aliphatic rings. The van der Waals surface area contributed by atoms with Crippen LogP contribution in [-0.2, 0) is 12.8 Å². The van der Waals surface area contributed by atoms with Crippen molar-refractivity contribution < 1.29 is 0 Å². The molecule has 2 rings (SSSR count). The van der Waals surface area contributed by atoms with Crippen LogP contribution < -0.4 is 0 Å². The molecule has 0 radical (unpaired) electrons. The molecule has 92 valence electrons. The van der Waals surface area contributed by atoms with Gasteiger partial charge in [0.15, 0.2) is 0 Å². The van der Waals surface area contributed by atoms with E-state index in [4.69, 9.17) is 0 Å². The number of benzene rings is 1. The Balaban J connectivity index is 2.61. The van der Waals surface area contributed by atoms with Crippen LogP contribution in [0.25, 0.3) is 5.69 Å². The summed E-state index contributed by atoms with van der Waals surface area (Å²) in [4.78, 5) is 0. The topological polar surface area (TPSA) is 41.6 Å². The minimum Gasteiger partial charge on any atom is -0.236 e. The summed E-state index contributed by atoms with van der Waals surface area (Å²) in [6.45, 7) is 6.19. The predicted octanol–water partition coefficient (Wildman–Crippen LogP) is 3.18. The van der Waals surface area contributed by atoms with Gasteiger partial charge in [0.05, 0.1) is 16.9 Å². The van der Waals surface area contributed by atoms with Crippen molar-refractivity contribution >= 4 is 0 Å². The number of hydrogen-bond donors (Lipinski definition) is 0. The van der Waals surface area contributed by atoms with Gasteiger partial charge in [0.2, 0.25) is 0 Å². The van der Waals surface area contributed by atoms with Gasteiger partial charge in [0.25, 0.3) is 0 Å². The van der Waals surface area contributed by atoms with E-state index >= 15 is 0 Å². The molecule has 0 aliphatic heterocycles. The van der Waals surface area contributed by atoms with Crippen LogP contribution in [0.3, 0.4) is 0 Å². The highest BCUT2D eigenvalue weighted by Crippen LogP contribution is 2.19. The number of aromatic nitrogens is 2. The van der Waals surface area contributed by atoms with Crippen LogP contribution in [0.2, 0.25) is 0 Å². The largest absolute Gasteiger partial charge is 0.236 e. The van der Waals surface area contributed by atoms with Gasteiger partial charge in [0.1, 0.15) is 6.07 Å². The van der Waals surface area contributed by atoms with Crippen molar-refractivity contribution in [2.24, 2.45) is 0 Å². The van der Waals surface area contributed by atoms with Gasteiger partial charge in [-0.25, -0.2) is 4.68 Å². The van der Waals surface area contributed by atoms with E-state index in [0.29, 0.717) is 5.56 Å². The molecule has 0 spiro atoms. The summed E-state index contributed by atoms with van der Waals surface area (Å²) in [5, 5.41) is 13.8. The molecule has 18 heavy (non-hydrogen) atoms. The van der Waals surface area contributed by atoms with Crippen LogP contribution in [0.1, 0.15) is 36.4 Å². The van der Waals surface area contributed by atoms with E-state index in [1.807, 2.05) is 29.8 Å². The second-order valence-corrected chi connectivity index (χ2v) is 4.38. The van der Waals surface area contributed by atoms with E-state index in [-0.39, 0.29) is 0 Å². The predicted molar refractivity (Wildman–Crippen MR) is 71.8 cm³/mol. The number of nitrogens with zero attached hydrogens (tertiary/aromatic N) is 3. The Hall–Kier alpha value is -2.08. The first-order valence-electron chi connectivity index (χ1n) is 6.28. The lowest BCUT2D eigenvalue weighted by Gasteiger charge is -2.08. The highest BCUT2D eigenvalue weighted by molar-refractivity contribution is 5.51. The van der Waals surface area contributed by atoms with Gasteiger partial charge in [-0.2, -0.15) is 10.4 Å². The van der Waals surface area contributed by atoms with Gasteiger partial charge in [-0.15, -0.1) is 0 Å². The van der Waals surface area contributed by atoms with Crippen LogP contribution >= 0.6 is 0 Å².